The number of anilines is 1. The molecule has 0 aromatic heterocycles. The van der Waals surface area contributed by atoms with E-state index < -0.39 is 0 Å². The standard InChI is InChI=1S/C20H23BrFNO/c21-20-10-13-6-14(11-20)9-19(8-13,12-20)18(24)23-5-1-2-15-7-16(22)3-4-17(15)23/h3-4,7,13-14H,1-2,5-6,8-12H2. The number of aryl methyl sites for hydroxylation is 1. The Hall–Kier alpha value is -0.900. The van der Waals surface area contributed by atoms with E-state index in [9.17, 15) is 9.18 Å². The first-order valence-electron chi connectivity index (χ1n) is 9.26. The Kier molecular flexibility index (Phi) is 3.24. The van der Waals surface area contributed by atoms with Gasteiger partial charge in [-0.1, -0.05) is 15.9 Å². The highest BCUT2D eigenvalue weighted by Gasteiger charge is 2.60. The fourth-order valence-electron chi connectivity index (χ4n) is 6.46. The Balaban J connectivity index is 1.52. The van der Waals surface area contributed by atoms with Crippen LogP contribution in [0, 0.1) is 23.1 Å². The molecule has 4 saturated carbocycles. The number of benzene rings is 1. The van der Waals surface area contributed by atoms with Crippen LogP contribution in [0.15, 0.2) is 18.2 Å². The summed E-state index contributed by atoms with van der Waals surface area (Å²) in [6.07, 6.45) is 8.69. The molecule has 0 radical (unpaired) electrons. The number of nitrogens with zero attached hydrogens (tertiary/aromatic N) is 1. The molecule has 6 rings (SSSR count). The lowest BCUT2D eigenvalue weighted by Gasteiger charge is -2.60. The molecule has 1 aliphatic heterocycles. The Labute approximate surface area is 150 Å². The molecule has 2 nitrogen and oxygen atoms in total. The third-order valence-electron chi connectivity index (χ3n) is 6.85. The van der Waals surface area contributed by atoms with E-state index >= 15 is 0 Å². The summed E-state index contributed by atoms with van der Waals surface area (Å²) >= 11 is 4.01. The molecule has 4 heteroatoms. The van der Waals surface area contributed by atoms with Crippen molar-refractivity contribution in [3.63, 3.8) is 0 Å². The van der Waals surface area contributed by atoms with Crippen molar-refractivity contribution >= 4 is 27.5 Å². The van der Waals surface area contributed by atoms with Crippen molar-refractivity contribution in [2.45, 2.75) is 55.7 Å². The van der Waals surface area contributed by atoms with E-state index in [1.807, 2.05) is 11.0 Å². The molecule has 0 N–H and O–H groups in total. The average molecular weight is 392 g/mol. The van der Waals surface area contributed by atoms with Gasteiger partial charge in [-0.3, -0.25) is 4.79 Å². The molecule has 1 heterocycles. The van der Waals surface area contributed by atoms with Gasteiger partial charge >= 0.3 is 0 Å². The highest BCUT2D eigenvalue weighted by atomic mass is 79.9. The maximum Gasteiger partial charge on any atom is 0.233 e. The van der Waals surface area contributed by atoms with Crippen LogP contribution >= 0.6 is 15.9 Å². The number of halogens is 2. The summed E-state index contributed by atoms with van der Waals surface area (Å²) in [4.78, 5) is 15.6. The van der Waals surface area contributed by atoms with E-state index in [2.05, 4.69) is 15.9 Å². The Morgan fingerprint density at radius 2 is 1.96 bits per heavy atom. The molecule has 0 saturated heterocycles. The zero-order valence-electron chi connectivity index (χ0n) is 13.9. The second-order valence-corrected chi connectivity index (χ2v) is 10.4. The van der Waals surface area contributed by atoms with Crippen molar-refractivity contribution < 1.29 is 9.18 Å². The Morgan fingerprint density at radius 1 is 1.21 bits per heavy atom. The smallest absolute Gasteiger partial charge is 0.233 e. The van der Waals surface area contributed by atoms with Gasteiger partial charge in [-0.25, -0.2) is 4.39 Å². The summed E-state index contributed by atoms with van der Waals surface area (Å²) in [5.74, 6) is 1.52. The van der Waals surface area contributed by atoms with Crippen LogP contribution in [0.25, 0.3) is 0 Å². The van der Waals surface area contributed by atoms with Crippen LogP contribution in [0.2, 0.25) is 0 Å². The first-order chi connectivity index (χ1) is 11.5. The second-order valence-electron chi connectivity index (χ2n) is 8.73. The van der Waals surface area contributed by atoms with Crippen molar-refractivity contribution in [1.29, 1.82) is 0 Å². The molecule has 0 spiro atoms. The van der Waals surface area contributed by atoms with Crippen molar-refractivity contribution in [3.05, 3.63) is 29.6 Å². The molecule has 1 amide bonds. The average Bonchev–Trinajstić information content (AvgIpc) is 2.51. The Bertz CT molecular complexity index is 704. The van der Waals surface area contributed by atoms with Crippen LogP contribution < -0.4 is 4.90 Å². The molecule has 4 bridgehead atoms. The second kappa shape index (κ2) is 5.06. The molecular weight excluding hydrogens is 369 g/mol. The lowest BCUT2D eigenvalue weighted by Crippen LogP contribution is -2.59. The van der Waals surface area contributed by atoms with Gasteiger partial charge < -0.3 is 4.90 Å². The molecule has 5 aliphatic rings. The predicted octanol–water partition coefficient (Wildman–Crippen LogP) is 4.84. The van der Waals surface area contributed by atoms with Gasteiger partial charge in [0.05, 0.1) is 5.41 Å². The molecule has 1 aromatic rings. The predicted molar refractivity (Wildman–Crippen MR) is 95.8 cm³/mol. The van der Waals surface area contributed by atoms with Crippen molar-refractivity contribution in [2.75, 3.05) is 11.4 Å². The molecule has 2 atom stereocenters. The minimum atomic E-state index is -0.197. The number of hydrogen-bond donors (Lipinski definition) is 0. The normalized spacial score (nSPS) is 39.8. The van der Waals surface area contributed by atoms with Crippen LogP contribution in [0.4, 0.5) is 10.1 Å². The van der Waals surface area contributed by atoms with Gasteiger partial charge in [0.15, 0.2) is 0 Å². The number of rotatable bonds is 1. The third-order valence-corrected chi connectivity index (χ3v) is 7.78. The van der Waals surface area contributed by atoms with Crippen LogP contribution in [-0.4, -0.2) is 16.8 Å². The summed E-state index contributed by atoms with van der Waals surface area (Å²) in [7, 11) is 0. The van der Waals surface area contributed by atoms with Gasteiger partial charge in [0, 0.05) is 16.6 Å². The first kappa shape index (κ1) is 15.4. The molecule has 4 aliphatic carbocycles. The minimum absolute atomic E-state index is 0.184. The minimum Gasteiger partial charge on any atom is -0.312 e. The summed E-state index contributed by atoms with van der Waals surface area (Å²) in [5.41, 5.74) is 1.76. The van der Waals surface area contributed by atoms with E-state index in [0.29, 0.717) is 17.7 Å². The maximum atomic E-state index is 13.7. The SMILES string of the molecule is O=C(N1CCCc2cc(F)ccc21)C12CC3CC(CC(Br)(C3)C1)C2. The van der Waals surface area contributed by atoms with E-state index in [-0.39, 0.29) is 15.6 Å². The quantitative estimate of drug-likeness (QED) is 0.627. The fraction of sp³-hybridized carbons (Fsp3) is 0.650. The van der Waals surface area contributed by atoms with Crippen molar-refractivity contribution in [3.8, 4) is 0 Å². The summed E-state index contributed by atoms with van der Waals surface area (Å²) < 4.78 is 13.8. The number of fused-ring (bicyclic) bond motifs is 1. The first-order valence-corrected chi connectivity index (χ1v) is 10.1. The van der Waals surface area contributed by atoms with Gasteiger partial charge in [0.2, 0.25) is 5.91 Å². The fourth-order valence-corrected chi connectivity index (χ4v) is 7.92. The van der Waals surface area contributed by atoms with Crippen LogP contribution in [0.5, 0.6) is 0 Å². The van der Waals surface area contributed by atoms with E-state index in [1.54, 1.807) is 6.07 Å². The molecule has 2 unspecified atom stereocenters. The Morgan fingerprint density at radius 3 is 2.67 bits per heavy atom. The molecule has 1 aromatic carbocycles. The largest absolute Gasteiger partial charge is 0.312 e. The monoisotopic (exact) mass is 391 g/mol. The molecule has 128 valence electrons. The maximum absolute atomic E-state index is 13.7. The van der Waals surface area contributed by atoms with E-state index in [4.69, 9.17) is 0 Å². The zero-order chi connectivity index (χ0) is 16.5. The lowest BCUT2D eigenvalue weighted by atomic mass is 9.49. The number of carbonyl (C=O) groups is 1. The molecule has 4 fully saturated rings. The van der Waals surface area contributed by atoms with Gasteiger partial charge in [-0.05, 0) is 87.0 Å². The van der Waals surface area contributed by atoms with Gasteiger partial charge in [-0.15, -0.1) is 0 Å². The van der Waals surface area contributed by atoms with Gasteiger partial charge in [0.25, 0.3) is 0 Å². The van der Waals surface area contributed by atoms with Crippen molar-refractivity contribution in [1.82, 2.24) is 0 Å². The number of alkyl halides is 1. The van der Waals surface area contributed by atoms with Crippen LogP contribution in [0.1, 0.15) is 50.5 Å². The van der Waals surface area contributed by atoms with Crippen molar-refractivity contribution in [2.24, 2.45) is 17.3 Å². The van der Waals surface area contributed by atoms with Crippen LogP contribution in [0.3, 0.4) is 0 Å². The van der Waals surface area contributed by atoms with Crippen LogP contribution in [-0.2, 0) is 11.2 Å². The van der Waals surface area contributed by atoms with Gasteiger partial charge in [-0.2, -0.15) is 0 Å². The number of amides is 1. The number of hydrogen-bond acceptors (Lipinski definition) is 1. The molecule has 24 heavy (non-hydrogen) atoms. The zero-order valence-corrected chi connectivity index (χ0v) is 15.4. The molecular formula is C20H23BrFNO. The highest BCUT2D eigenvalue weighted by Crippen LogP contribution is 2.65. The highest BCUT2D eigenvalue weighted by molar-refractivity contribution is 9.10. The third kappa shape index (κ3) is 2.21. The van der Waals surface area contributed by atoms with E-state index in [1.165, 1.54) is 25.3 Å². The summed E-state index contributed by atoms with van der Waals surface area (Å²) in [5, 5.41) is 0. The van der Waals surface area contributed by atoms with E-state index in [0.717, 1.165) is 49.9 Å². The summed E-state index contributed by atoms with van der Waals surface area (Å²) in [6, 6.07) is 4.92. The topological polar surface area (TPSA) is 20.3 Å². The number of carbonyl (C=O) groups excluding carboxylic acids is 1. The summed E-state index contributed by atoms with van der Waals surface area (Å²) in [6.45, 7) is 0.782. The lowest BCUT2D eigenvalue weighted by molar-refractivity contribution is -0.141. The van der Waals surface area contributed by atoms with Gasteiger partial charge in [0.1, 0.15) is 5.82 Å².